The molecule has 6 nitrogen and oxygen atoms in total. The molecule has 0 spiro atoms. The second-order valence-electron chi connectivity index (χ2n) is 6.96. The van der Waals surface area contributed by atoms with Crippen LogP contribution in [-0.2, 0) is 10.9 Å². The molecule has 0 aliphatic rings. The van der Waals surface area contributed by atoms with Crippen molar-refractivity contribution < 1.29 is 36.6 Å². The first-order valence-corrected chi connectivity index (χ1v) is 9.40. The van der Waals surface area contributed by atoms with Crippen LogP contribution in [0.4, 0.5) is 13.2 Å². The molecule has 3 aromatic rings. The number of allylic oxidation sites excluding steroid dienone is 1. The smallest absolute Gasteiger partial charge is 0.453 e. The minimum absolute atomic E-state index is 0.0866. The minimum Gasteiger partial charge on any atom is -0.489 e. The van der Waals surface area contributed by atoms with Crippen molar-refractivity contribution in [2.45, 2.75) is 20.0 Å². The average molecular weight is 448 g/mol. The highest BCUT2D eigenvalue weighted by atomic mass is 19.4. The van der Waals surface area contributed by atoms with Crippen molar-refractivity contribution in [1.82, 2.24) is 0 Å². The van der Waals surface area contributed by atoms with Crippen LogP contribution >= 0.6 is 0 Å². The molecule has 0 fully saturated rings. The van der Waals surface area contributed by atoms with Gasteiger partial charge in [-0.25, -0.2) is 4.79 Å². The van der Waals surface area contributed by atoms with Crippen molar-refractivity contribution in [3.8, 4) is 17.2 Å². The number of rotatable bonds is 6. The van der Waals surface area contributed by atoms with Gasteiger partial charge < -0.3 is 18.6 Å². The Hall–Kier alpha value is -3.75. The molecule has 9 heteroatoms. The lowest BCUT2D eigenvalue weighted by atomic mass is 10.2. The summed E-state index contributed by atoms with van der Waals surface area (Å²) in [5, 5.41) is -0.103. The molecule has 2 aromatic carbocycles. The van der Waals surface area contributed by atoms with Crippen LogP contribution in [0.2, 0.25) is 0 Å². The lowest BCUT2D eigenvalue weighted by molar-refractivity contribution is -0.154. The molecule has 0 unspecified atom stereocenters. The third kappa shape index (κ3) is 5.11. The molecule has 1 heterocycles. The summed E-state index contributed by atoms with van der Waals surface area (Å²) >= 11 is 0. The first kappa shape index (κ1) is 22.9. The van der Waals surface area contributed by atoms with Crippen LogP contribution < -0.4 is 14.9 Å². The van der Waals surface area contributed by atoms with Gasteiger partial charge in [-0.15, -0.1) is 0 Å². The monoisotopic (exact) mass is 448 g/mol. The molecule has 1 aromatic heterocycles. The number of benzene rings is 2. The molecule has 0 N–H and O–H groups in total. The minimum atomic E-state index is -4.99. The Kier molecular flexibility index (Phi) is 6.57. The molecule has 0 saturated carbocycles. The van der Waals surface area contributed by atoms with Crippen LogP contribution in [0.3, 0.4) is 0 Å². The fraction of sp³-hybridized carbons (Fsp3) is 0.217. The third-order valence-corrected chi connectivity index (χ3v) is 4.32. The van der Waals surface area contributed by atoms with E-state index in [4.69, 9.17) is 13.9 Å². The number of alkyl halides is 3. The second-order valence-corrected chi connectivity index (χ2v) is 6.96. The first-order valence-electron chi connectivity index (χ1n) is 9.40. The molecule has 0 radical (unpaired) electrons. The molecular formula is C23H19F3O6. The van der Waals surface area contributed by atoms with Crippen LogP contribution in [0.5, 0.6) is 17.2 Å². The molecular weight excluding hydrogens is 429 g/mol. The van der Waals surface area contributed by atoms with E-state index in [0.717, 1.165) is 5.57 Å². The molecule has 32 heavy (non-hydrogen) atoms. The SMILES string of the molecule is COC(=O)c1ccc(Oc2c(C(F)(F)F)oc3cc(OCC=C(C)C)ccc3c2=O)cc1. The van der Waals surface area contributed by atoms with Gasteiger partial charge in [0.25, 0.3) is 5.76 Å². The van der Waals surface area contributed by atoms with Gasteiger partial charge in [-0.1, -0.05) is 5.57 Å². The number of carbonyl (C=O) groups is 1. The highest BCUT2D eigenvalue weighted by Gasteiger charge is 2.40. The summed E-state index contributed by atoms with van der Waals surface area (Å²) in [5.74, 6) is -3.04. The van der Waals surface area contributed by atoms with Crippen LogP contribution in [0.25, 0.3) is 11.0 Å². The van der Waals surface area contributed by atoms with E-state index in [0.29, 0.717) is 0 Å². The Morgan fingerprint density at radius 2 is 1.72 bits per heavy atom. The molecule has 0 aliphatic carbocycles. The van der Waals surface area contributed by atoms with Gasteiger partial charge in [0.05, 0.1) is 18.1 Å². The van der Waals surface area contributed by atoms with E-state index < -0.39 is 29.1 Å². The Balaban J connectivity index is 2.03. The number of fused-ring (bicyclic) bond motifs is 1. The topological polar surface area (TPSA) is 75.0 Å². The van der Waals surface area contributed by atoms with Gasteiger partial charge in [0, 0.05) is 6.07 Å². The largest absolute Gasteiger partial charge is 0.489 e. The number of halogens is 3. The number of esters is 1. The van der Waals surface area contributed by atoms with Gasteiger partial charge >= 0.3 is 12.1 Å². The van der Waals surface area contributed by atoms with Crippen LogP contribution in [0.15, 0.2) is 63.3 Å². The predicted octanol–water partition coefficient (Wildman–Crippen LogP) is 5.74. The third-order valence-electron chi connectivity index (χ3n) is 4.32. The van der Waals surface area contributed by atoms with Crippen LogP contribution in [0.1, 0.15) is 30.0 Å². The Bertz CT molecular complexity index is 1220. The molecule has 0 bridgehead atoms. The lowest BCUT2D eigenvalue weighted by Gasteiger charge is -2.14. The maximum absolute atomic E-state index is 13.7. The summed E-state index contributed by atoms with van der Waals surface area (Å²) in [5.41, 5.74) is -0.1000. The maximum atomic E-state index is 13.7. The zero-order chi connectivity index (χ0) is 23.5. The molecule has 0 aliphatic heterocycles. The Labute approximate surface area is 180 Å². The van der Waals surface area contributed by atoms with Gasteiger partial charge in [0.15, 0.2) is 0 Å². The van der Waals surface area contributed by atoms with E-state index in [9.17, 15) is 22.8 Å². The van der Waals surface area contributed by atoms with Crippen LogP contribution in [0, 0.1) is 0 Å². The maximum Gasteiger partial charge on any atom is 0.453 e. The quantitative estimate of drug-likeness (QED) is 0.354. The highest BCUT2D eigenvalue weighted by molar-refractivity contribution is 5.89. The zero-order valence-electron chi connectivity index (χ0n) is 17.4. The normalized spacial score (nSPS) is 11.2. The number of methoxy groups -OCH3 is 1. The summed E-state index contributed by atoms with van der Waals surface area (Å²) in [4.78, 5) is 24.3. The fourth-order valence-corrected chi connectivity index (χ4v) is 2.72. The first-order chi connectivity index (χ1) is 15.1. The summed E-state index contributed by atoms with van der Waals surface area (Å²) in [6.45, 7) is 3.97. The zero-order valence-corrected chi connectivity index (χ0v) is 17.4. The van der Waals surface area contributed by atoms with Gasteiger partial charge in [0.1, 0.15) is 23.7 Å². The van der Waals surface area contributed by atoms with Crippen molar-refractivity contribution >= 4 is 16.9 Å². The van der Waals surface area contributed by atoms with E-state index in [-0.39, 0.29) is 34.6 Å². The van der Waals surface area contributed by atoms with Crippen LogP contribution in [-0.4, -0.2) is 19.7 Å². The standard InChI is InChI=1S/C23H19F3O6/c1-13(2)10-11-30-16-8-9-17-18(12-16)32-21(23(24,25)26)20(19(17)27)31-15-6-4-14(5-7-15)22(28)29-3/h4-10,12H,11H2,1-3H3. The molecule has 0 atom stereocenters. The van der Waals surface area contributed by atoms with E-state index in [2.05, 4.69) is 4.74 Å². The van der Waals surface area contributed by atoms with E-state index in [1.54, 1.807) is 6.08 Å². The Morgan fingerprint density at radius 1 is 1.06 bits per heavy atom. The number of ether oxygens (including phenoxy) is 3. The predicted molar refractivity (Wildman–Crippen MR) is 110 cm³/mol. The molecule has 168 valence electrons. The highest BCUT2D eigenvalue weighted by Crippen LogP contribution is 2.38. The van der Waals surface area contributed by atoms with Crippen molar-refractivity contribution in [3.63, 3.8) is 0 Å². The summed E-state index contributed by atoms with van der Waals surface area (Å²) < 4.78 is 61.3. The van der Waals surface area contributed by atoms with Gasteiger partial charge in [0.2, 0.25) is 11.2 Å². The van der Waals surface area contributed by atoms with Gasteiger partial charge in [-0.05, 0) is 56.3 Å². The van der Waals surface area contributed by atoms with E-state index in [1.807, 2.05) is 13.8 Å². The van der Waals surface area contributed by atoms with Crippen molar-refractivity contribution in [1.29, 1.82) is 0 Å². The molecule has 0 amide bonds. The van der Waals surface area contributed by atoms with Crippen molar-refractivity contribution in [2.75, 3.05) is 13.7 Å². The van der Waals surface area contributed by atoms with Gasteiger partial charge in [-0.3, -0.25) is 4.79 Å². The van der Waals surface area contributed by atoms with E-state index >= 15 is 0 Å². The molecule has 3 rings (SSSR count). The molecule has 0 saturated heterocycles. The van der Waals surface area contributed by atoms with Gasteiger partial charge in [-0.2, -0.15) is 13.2 Å². The van der Waals surface area contributed by atoms with Crippen molar-refractivity contribution in [3.05, 3.63) is 75.7 Å². The average Bonchev–Trinajstić information content (AvgIpc) is 2.74. The van der Waals surface area contributed by atoms with E-state index in [1.165, 1.54) is 49.6 Å². The summed E-state index contributed by atoms with van der Waals surface area (Å²) in [6.07, 6.45) is -3.20. The lowest BCUT2D eigenvalue weighted by Crippen LogP contribution is -2.15. The summed E-state index contributed by atoms with van der Waals surface area (Å²) in [7, 11) is 1.20. The van der Waals surface area contributed by atoms with Crippen molar-refractivity contribution in [2.24, 2.45) is 0 Å². The fourth-order valence-electron chi connectivity index (χ4n) is 2.72. The number of carbonyl (C=O) groups excluding carboxylic acids is 1. The summed E-state index contributed by atoms with van der Waals surface area (Å²) in [6, 6.07) is 9.08. The Morgan fingerprint density at radius 3 is 2.31 bits per heavy atom. The number of hydrogen-bond acceptors (Lipinski definition) is 6. The number of hydrogen-bond donors (Lipinski definition) is 0. The second kappa shape index (κ2) is 9.17.